The molecule has 0 aliphatic carbocycles. The van der Waals surface area contributed by atoms with Gasteiger partial charge in [0.05, 0.1) is 5.92 Å². The maximum Gasteiger partial charge on any atom is 0.0629 e. The quantitative estimate of drug-likeness (QED) is 0.623. The fraction of sp³-hybridized carbons (Fsp3) is 0.136. The van der Waals surface area contributed by atoms with Crippen molar-refractivity contribution in [1.82, 2.24) is 4.90 Å². The molecular formula is C22H24N. The Bertz CT molecular complexity index is 563. The normalized spacial score (nSPS) is 10.3. The average Bonchev–Trinajstić information content (AvgIpc) is 2.58. The number of nitrogens with zero attached hydrogens (tertiary/aromatic N) is 1. The van der Waals surface area contributed by atoms with Crippen molar-refractivity contribution in [3.05, 3.63) is 114 Å². The van der Waals surface area contributed by atoms with Gasteiger partial charge in [-0.15, -0.1) is 0 Å². The lowest BCUT2D eigenvalue weighted by atomic mass is 9.85. The molecule has 3 aromatic rings. The molecule has 1 radical (unpaired) electrons. The van der Waals surface area contributed by atoms with Crippen LogP contribution < -0.4 is 0 Å². The summed E-state index contributed by atoms with van der Waals surface area (Å²) in [6.45, 7) is 0. The number of hydrogen-bond acceptors (Lipinski definition) is 1. The van der Waals surface area contributed by atoms with Crippen molar-refractivity contribution in [2.75, 3.05) is 21.1 Å². The van der Waals surface area contributed by atoms with Crippen LogP contribution in [0.15, 0.2) is 91.0 Å². The van der Waals surface area contributed by atoms with E-state index in [1.807, 2.05) is 26.0 Å². The van der Waals surface area contributed by atoms with Crippen molar-refractivity contribution in [2.45, 2.75) is 0 Å². The minimum atomic E-state index is 1.25. The summed E-state index contributed by atoms with van der Waals surface area (Å²) in [6.07, 6.45) is 0. The second-order valence-corrected chi connectivity index (χ2v) is 5.81. The lowest BCUT2D eigenvalue weighted by Crippen LogP contribution is -2.03. The molecule has 1 nitrogen and oxygen atoms in total. The summed E-state index contributed by atoms with van der Waals surface area (Å²) < 4.78 is 0. The van der Waals surface area contributed by atoms with E-state index in [1.165, 1.54) is 22.6 Å². The fourth-order valence-corrected chi connectivity index (χ4v) is 2.31. The van der Waals surface area contributed by atoms with Crippen molar-refractivity contribution in [3.8, 4) is 0 Å². The third-order valence-electron chi connectivity index (χ3n) is 3.19. The van der Waals surface area contributed by atoms with E-state index in [9.17, 15) is 0 Å². The van der Waals surface area contributed by atoms with Gasteiger partial charge in [0.2, 0.25) is 0 Å². The van der Waals surface area contributed by atoms with Gasteiger partial charge in [0.1, 0.15) is 0 Å². The Hall–Kier alpha value is -2.38. The van der Waals surface area contributed by atoms with Crippen LogP contribution in [0.3, 0.4) is 0 Å². The standard InChI is InChI=1S/C19H15.C3H9N/c1-4-10-16(11-5-1)19(17-12-6-2-7-13-17)18-14-8-3-9-15-18;1-4(2)3/h1-15H;1-3H3. The van der Waals surface area contributed by atoms with Gasteiger partial charge in [-0.05, 0) is 37.8 Å². The molecule has 0 unspecified atom stereocenters. The van der Waals surface area contributed by atoms with Crippen LogP contribution in [0.2, 0.25) is 0 Å². The maximum atomic E-state index is 2.16. The van der Waals surface area contributed by atoms with Crippen LogP contribution >= 0.6 is 0 Å². The monoisotopic (exact) mass is 302 g/mol. The van der Waals surface area contributed by atoms with Crippen LogP contribution in [-0.2, 0) is 0 Å². The molecule has 0 heterocycles. The predicted octanol–water partition coefficient (Wildman–Crippen LogP) is 4.88. The second-order valence-electron chi connectivity index (χ2n) is 5.81. The van der Waals surface area contributed by atoms with E-state index in [4.69, 9.17) is 0 Å². The smallest absolute Gasteiger partial charge is 0.0629 e. The summed E-state index contributed by atoms with van der Waals surface area (Å²) in [5.41, 5.74) is 3.75. The minimum Gasteiger partial charge on any atom is -0.312 e. The first-order valence-corrected chi connectivity index (χ1v) is 7.82. The average molecular weight is 302 g/mol. The van der Waals surface area contributed by atoms with Crippen molar-refractivity contribution in [3.63, 3.8) is 0 Å². The maximum absolute atomic E-state index is 2.16. The third-order valence-corrected chi connectivity index (χ3v) is 3.19. The highest BCUT2D eigenvalue weighted by Crippen LogP contribution is 2.30. The van der Waals surface area contributed by atoms with Gasteiger partial charge in [-0.3, -0.25) is 0 Å². The summed E-state index contributed by atoms with van der Waals surface area (Å²) in [7, 11) is 6.00. The van der Waals surface area contributed by atoms with E-state index in [1.54, 1.807) is 0 Å². The molecule has 0 saturated heterocycles. The first-order valence-electron chi connectivity index (χ1n) is 7.82. The Morgan fingerprint density at radius 1 is 0.478 bits per heavy atom. The van der Waals surface area contributed by atoms with Crippen LogP contribution in [0.5, 0.6) is 0 Å². The van der Waals surface area contributed by atoms with Gasteiger partial charge in [0, 0.05) is 0 Å². The largest absolute Gasteiger partial charge is 0.312 e. The second kappa shape index (κ2) is 8.92. The molecule has 0 spiro atoms. The molecule has 0 aliphatic heterocycles. The highest BCUT2D eigenvalue weighted by molar-refractivity contribution is 5.56. The highest BCUT2D eigenvalue weighted by Gasteiger charge is 2.16. The summed E-state index contributed by atoms with van der Waals surface area (Å²) in [5, 5.41) is 0. The molecule has 23 heavy (non-hydrogen) atoms. The zero-order valence-electron chi connectivity index (χ0n) is 14.1. The Kier molecular flexibility index (Phi) is 6.58. The fourth-order valence-electron chi connectivity index (χ4n) is 2.31. The molecule has 0 atom stereocenters. The summed E-state index contributed by atoms with van der Waals surface area (Å²) >= 11 is 0. The van der Waals surface area contributed by atoms with Gasteiger partial charge < -0.3 is 4.90 Å². The van der Waals surface area contributed by atoms with Crippen molar-refractivity contribution in [1.29, 1.82) is 0 Å². The molecule has 3 rings (SSSR count). The molecule has 0 amide bonds. The van der Waals surface area contributed by atoms with E-state index in [0.717, 1.165) is 0 Å². The van der Waals surface area contributed by atoms with E-state index in [0.29, 0.717) is 0 Å². The summed E-state index contributed by atoms with van der Waals surface area (Å²) in [5.74, 6) is 1.28. The van der Waals surface area contributed by atoms with Gasteiger partial charge in [-0.2, -0.15) is 0 Å². The summed E-state index contributed by atoms with van der Waals surface area (Å²) in [6, 6.07) is 31.6. The summed E-state index contributed by atoms with van der Waals surface area (Å²) in [4.78, 5) is 2.00. The minimum absolute atomic E-state index is 1.25. The van der Waals surface area contributed by atoms with E-state index in [2.05, 4.69) is 91.0 Å². The first-order chi connectivity index (χ1) is 11.2. The molecular weight excluding hydrogens is 278 g/mol. The Morgan fingerprint density at radius 3 is 0.913 bits per heavy atom. The van der Waals surface area contributed by atoms with Gasteiger partial charge in [0.15, 0.2) is 0 Å². The molecule has 0 saturated carbocycles. The third kappa shape index (κ3) is 5.39. The molecule has 117 valence electrons. The number of rotatable bonds is 3. The van der Waals surface area contributed by atoms with Crippen LogP contribution in [0.1, 0.15) is 16.7 Å². The van der Waals surface area contributed by atoms with Gasteiger partial charge in [0.25, 0.3) is 0 Å². The Morgan fingerprint density at radius 2 is 0.696 bits per heavy atom. The molecule has 3 aromatic carbocycles. The van der Waals surface area contributed by atoms with E-state index >= 15 is 0 Å². The van der Waals surface area contributed by atoms with Crippen LogP contribution in [0.25, 0.3) is 0 Å². The molecule has 0 fully saturated rings. The topological polar surface area (TPSA) is 3.24 Å². The van der Waals surface area contributed by atoms with E-state index in [-0.39, 0.29) is 0 Å². The SMILES string of the molecule is CN(C)C.c1ccc([C](c2ccccc2)c2ccccc2)cc1. The zero-order valence-corrected chi connectivity index (χ0v) is 14.1. The molecule has 0 aliphatic rings. The Labute approximate surface area is 140 Å². The van der Waals surface area contributed by atoms with Crippen LogP contribution in [0.4, 0.5) is 0 Å². The lowest BCUT2D eigenvalue weighted by molar-refractivity contribution is 0.505. The van der Waals surface area contributed by atoms with Gasteiger partial charge >= 0.3 is 0 Å². The number of benzene rings is 3. The lowest BCUT2D eigenvalue weighted by Gasteiger charge is -2.17. The van der Waals surface area contributed by atoms with Crippen molar-refractivity contribution in [2.24, 2.45) is 0 Å². The van der Waals surface area contributed by atoms with Gasteiger partial charge in [-0.1, -0.05) is 91.0 Å². The molecule has 0 aromatic heterocycles. The predicted molar refractivity (Wildman–Crippen MR) is 99.5 cm³/mol. The van der Waals surface area contributed by atoms with Gasteiger partial charge in [-0.25, -0.2) is 0 Å². The van der Waals surface area contributed by atoms with Crippen LogP contribution in [-0.4, -0.2) is 26.0 Å². The van der Waals surface area contributed by atoms with Crippen molar-refractivity contribution < 1.29 is 0 Å². The Balaban J connectivity index is 0.000000433. The highest BCUT2D eigenvalue weighted by atomic mass is 15.0. The zero-order chi connectivity index (χ0) is 16.5. The molecule has 0 bridgehead atoms. The van der Waals surface area contributed by atoms with E-state index < -0.39 is 0 Å². The molecule has 1 heteroatoms. The number of hydrogen-bond donors (Lipinski definition) is 0. The first kappa shape index (κ1) is 17.0. The van der Waals surface area contributed by atoms with Crippen LogP contribution in [0, 0.1) is 5.92 Å². The molecule has 0 N–H and O–H groups in total. The van der Waals surface area contributed by atoms with Crippen molar-refractivity contribution >= 4 is 0 Å².